The minimum atomic E-state index is -1.10. The van der Waals surface area contributed by atoms with Crippen LogP contribution in [-0.2, 0) is 4.79 Å². The first-order chi connectivity index (χ1) is 16.0. The maximum absolute atomic E-state index is 13.8. The molecule has 8 heteroatoms. The number of nitrogens with zero attached hydrogens (tertiary/aromatic N) is 3. The van der Waals surface area contributed by atoms with Crippen molar-refractivity contribution in [2.75, 3.05) is 20.6 Å². The summed E-state index contributed by atoms with van der Waals surface area (Å²) in [5.41, 5.74) is -0.0524. The van der Waals surface area contributed by atoms with Crippen LogP contribution in [0.1, 0.15) is 94.7 Å². The van der Waals surface area contributed by atoms with Crippen LogP contribution in [-0.4, -0.2) is 69.6 Å². The Balaban J connectivity index is 2.11. The highest BCUT2D eigenvalue weighted by atomic mass is 32.1. The monoisotopic (exact) mass is 495 g/mol. The van der Waals surface area contributed by atoms with Crippen molar-refractivity contribution in [2.24, 2.45) is 23.7 Å². The van der Waals surface area contributed by atoms with Crippen molar-refractivity contribution in [3.63, 3.8) is 0 Å². The Bertz CT molecular complexity index is 799. The van der Waals surface area contributed by atoms with E-state index >= 15 is 0 Å². The SMILES string of the molecule is CC[C@H](C)[C@H](CC[C@H]1C[C@H](C)CCN1C)C(=O)N(C)[C@H](C[C@@H](O)c1nc(C(=O)O)cs1)C(C)C. The van der Waals surface area contributed by atoms with Crippen LogP contribution in [0.4, 0.5) is 0 Å². The van der Waals surface area contributed by atoms with E-state index in [2.05, 4.69) is 51.6 Å². The summed E-state index contributed by atoms with van der Waals surface area (Å²) in [6.45, 7) is 11.9. The molecule has 0 unspecified atom stereocenters. The van der Waals surface area contributed by atoms with E-state index in [-0.39, 0.29) is 35.4 Å². The number of carboxylic acids is 1. The van der Waals surface area contributed by atoms with Gasteiger partial charge in [-0.05, 0) is 57.0 Å². The van der Waals surface area contributed by atoms with Crippen molar-refractivity contribution >= 4 is 23.2 Å². The predicted molar refractivity (Wildman–Crippen MR) is 137 cm³/mol. The largest absolute Gasteiger partial charge is 0.476 e. The third-order valence-electron chi connectivity index (χ3n) is 7.84. The van der Waals surface area contributed by atoms with E-state index in [1.165, 1.54) is 18.2 Å². The third-order valence-corrected chi connectivity index (χ3v) is 8.78. The van der Waals surface area contributed by atoms with Gasteiger partial charge in [-0.1, -0.05) is 41.0 Å². The highest BCUT2D eigenvalue weighted by Gasteiger charge is 2.34. The molecule has 0 saturated carbocycles. The molecule has 2 heterocycles. The Morgan fingerprint density at radius 2 is 2.00 bits per heavy atom. The van der Waals surface area contributed by atoms with E-state index in [1.807, 2.05) is 11.9 Å². The normalized spacial score (nSPS) is 22.9. The van der Waals surface area contributed by atoms with Crippen LogP contribution in [0, 0.1) is 23.7 Å². The number of aromatic carboxylic acids is 1. The number of hydrogen-bond acceptors (Lipinski definition) is 6. The van der Waals surface area contributed by atoms with Crippen molar-refractivity contribution in [1.82, 2.24) is 14.8 Å². The van der Waals surface area contributed by atoms with Gasteiger partial charge in [0.2, 0.25) is 5.91 Å². The maximum atomic E-state index is 13.8. The second kappa shape index (κ2) is 13.0. The number of hydrogen-bond donors (Lipinski definition) is 2. The molecule has 0 radical (unpaired) electrons. The first-order valence-electron chi connectivity index (χ1n) is 12.8. The smallest absolute Gasteiger partial charge is 0.355 e. The summed E-state index contributed by atoms with van der Waals surface area (Å²) in [5, 5.41) is 21.8. The van der Waals surface area contributed by atoms with Crippen molar-refractivity contribution in [3.05, 3.63) is 16.1 Å². The van der Waals surface area contributed by atoms with Crippen LogP contribution in [0.5, 0.6) is 0 Å². The predicted octanol–water partition coefficient (Wildman–Crippen LogP) is 4.92. The summed E-state index contributed by atoms with van der Waals surface area (Å²) in [6, 6.07) is 0.369. The zero-order chi connectivity index (χ0) is 25.6. The Morgan fingerprint density at radius 3 is 2.56 bits per heavy atom. The minimum absolute atomic E-state index is 0.0440. The molecule has 1 aromatic rings. The van der Waals surface area contributed by atoms with Gasteiger partial charge in [0.1, 0.15) is 11.1 Å². The topological polar surface area (TPSA) is 94.0 Å². The molecule has 34 heavy (non-hydrogen) atoms. The van der Waals surface area contributed by atoms with E-state index < -0.39 is 12.1 Å². The molecular weight excluding hydrogens is 450 g/mol. The number of carbonyl (C=O) groups is 2. The highest BCUT2D eigenvalue weighted by Crippen LogP contribution is 2.32. The molecule has 0 aromatic carbocycles. The second-order valence-corrected chi connectivity index (χ2v) is 11.6. The molecule has 7 nitrogen and oxygen atoms in total. The second-order valence-electron chi connectivity index (χ2n) is 10.7. The molecule has 1 aromatic heterocycles. The Hall–Kier alpha value is -1.51. The van der Waals surface area contributed by atoms with Crippen molar-refractivity contribution in [2.45, 2.75) is 91.3 Å². The summed E-state index contributed by atoms with van der Waals surface area (Å²) in [5.74, 6) is 0.175. The number of rotatable bonds is 12. The van der Waals surface area contributed by atoms with Gasteiger partial charge in [-0.3, -0.25) is 4.79 Å². The molecule has 1 fully saturated rings. The molecule has 0 bridgehead atoms. The molecule has 1 amide bonds. The van der Waals surface area contributed by atoms with Gasteiger partial charge in [0.25, 0.3) is 0 Å². The fourth-order valence-electron chi connectivity index (χ4n) is 5.19. The van der Waals surface area contributed by atoms with Crippen LogP contribution >= 0.6 is 11.3 Å². The molecule has 6 atom stereocenters. The lowest BCUT2D eigenvalue weighted by molar-refractivity contribution is -0.140. The number of aliphatic hydroxyl groups excluding tert-OH is 1. The molecule has 0 aliphatic carbocycles. The number of carboxylic acid groups (broad SMARTS) is 1. The molecule has 2 rings (SSSR count). The number of thiazole rings is 1. The number of likely N-dealkylation sites (tertiary alicyclic amines) is 1. The average molecular weight is 496 g/mol. The third kappa shape index (κ3) is 7.49. The fraction of sp³-hybridized carbons (Fsp3) is 0.808. The van der Waals surface area contributed by atoms with Crippen LogP contribution in [0.25, 0.3) is 0 Å². The van der Waals surface area contributed by atoms with E-state index in [0.29, 0.717) is 17.5 Å². The molecular formula is C26H45N3O4S. The Labute approximate surface area is 209 Å². The van der Waals surface area contributed by atoms with Gasteiger partial charge < -0.3 is 20.0 Å². The van der Waals surface area contributed by atoms with Gasteiger partial charge in [0, 0.05) is 36.9 Å². The summed E-state index contributed by atoms with van der Waals surface area (Å²) < 4.78 is 0. The molecule has 2 N–H and O–H groups in total. The Kier molecular flexibility index (Phi) is 11.0. The van der Waals surface area contributed by atoms with Gasteiger partial charge in [-0.2, -0.15) is 0 Å². The maximum Gasteiger partial charge on any atom is 0.355 e. The fourth-order valence-corrected chi connectivity index (χ4v) is 5.98. The quantitative estimate of drug-likeness (QED) is 0.427. The first kappa shape index (κ1) is 28.7. The van der Waals surface area contributed by atoms with E-state index in [4.69, 9.17) is 5.11 Å². The summed E-state index contributed by atoms with van der Waals surface area (Å²) >= 11 is 1.15. The van der Waals surface area contributed by atoms with Gasteiger partial charge >= 0.3 is 5.97 Å². The van der Waals surface area contributed by atoms with Gasteiger partial charge in [-0.15, -0.1) is 11.3 Å². The number of aliphatic hydroxyl groups is 1. The molecule has 1 saturated heterocycles. The number of amides is 1. The molecule has 1 aliphatic rings. The lowest BCUT2D eigenvalue weighted by atomic mass is 9.82. The average Bonchev–Trinajstić information content (AvgIpc) is 3.29. The van der Waals surface area contributed by atoms with Crippen molar-refractivity contribution in [1.29, 1.82) is 0 Å². The van der Waals surface area contributed by atoms with Crippen molar-refractivity contribution in [3.8, 4) is 0 Å². The van der Waals surface area contributed by atoms with Gasteiger partial charge in [0.05, 0.1) is 0 Å². The Morgan fingerprint density at radius 1 is 1.32 bits per heavy atom. The summed E-state index contributed by atoms with van der Waals surface area (Å²) in [4.78, 5) is 33.3. The molecule has 1 aliphatic heterocycles. The standard InChI is InChI=1S/C26H45N3O4S/c1-8-18(5)20(10-9-19-13-17(4)11-12-28(19)6)25(31)29(7)22(16(2)3)14-23(30)24-27-21(15-34-24)26(32)33/h15-20,22-23,30H,8-14H2,1-7H3,(H,32,33)/t17-,18+,19+,20+,22-,23-/m1/s1. The first-order valence-corrected chi connectivity index (χ1v) is 13.7. The van der Waals surface area contributed by atoms with Crippen LogP contribution in [0.3, 0.4) is 0 Å². The number of carbonyl (C=O) groups excluding carboxylic acids is 1. The van der Waals surface area contributed by atoms with Gasteiger partial charge in [0.15, 0.2) is 5.69 Å². The van der Waals surface area contributed by atoms with Gasteiger partial charge in [-0.25, -0.2) is 9.78 Å². The van der Waals surface area contributed by atoms with Crippen LogP contribution < -0.4 is 0 Å². The summed E-state index contributed by atoms with van der Waals surface area (Å²) in [7, 11) is 4.06. The zero-order valence-corrected chi connectivity index (χ0v) is 22.8. The molecule has 194 valence electrons. The molecule has 0 spiro atoms. The number of aromatic nitrogens is 1. The van der Waals surface area contributed by atoms with E-state index in [1.54, 1.807) is 0 Å². The highest BCUT2D eigenvalue weighted by molar-refractivity contribution is 7.09. The summed E-state index contributed by atoms with van der Waals surface area (Å²) in [6.07, 6.45) is 4.73. The van der Waals surface area contributed by atoms with E-state index in [9.17, 15) is 14.7 Å². The number of piperidine rings is 1. The lowest BCUT2D eigenvalue weighted by Gasteiger charge is -2.39. The van der Waals surface area contributed by atoms with Crippen LogP contribution in [0.15, 0.2) is 5.38 Å². The minimum Gasteiger partial charge on any atom is -0.476 e. The van der Waals surface area contributed by atoms with Crippen molar-refractivity contribution < 1.29 is 19.8 Å². The van der Waals surface area contributed by atoms with E-state index in [0.717, 1.165) is 43.1 Å². The van der Waals surface area contributed by atoms with Crippen LogP contribution in [0.2, 0.25) is 0 Å². The lowest BCUT2D eigenvalue weighted by Crippen LogP contribution is -2.46. The zero-order valence-electron chi connectivity index (χ0n) is 22.0.